The second kappa shape index (κ2) is 10.9. The zero-order valence-electron chi connectivity index (χ0n) is 17.0. The molecule has 2 saturated heterocycles. The van der Waals surface area contributed by atoms with Crippen molar-refractivity contribution in [3.05, 3.63) is 24.3 Å². The molecule has 1 aromatic rings. The van der Waals surface area contributed by atoms with Gasteiger partial charge in [0.15, 0.2) is 10.3 Å². The first kappa shape index (κ1) is 22.8. The molecule has 0 amide bonds. The molecule has 3 atom stereocenters. The number of amidine groups is 1. The fourth-order valence-electron chi connectivity index (χ4n) is 3.65. The molecule has 6 nitrogen and oxygen atoms in total. The summed E-state index contributed by atoms with van der Waals surface area (Å²) >= 11 is 6.86. The van der Waals surface area contributed by atoms with E-state index < -0.39 is 0 Å². The molecule has 0 bridgehead atoms. The number of likely N-dealkylation sites (N-methyl/N-ethyl adjacent to an activating group) is 1. The molecule has 160 valence electrons. The molecule has 0 radical (unpaired) electrons. The monoisotopic (exact) mass is 453 g/mol. The lowest BCUT2D eigenvalue weighted by Crippen LogP contribution is -2.40. The molecule has 2 heterocycles. The summed E-state index contributed by atoms with van der Waals surface area (Å²) < 4.78 is 6.14. The lowest BCUT2D eigenvalue weighted by molar-refractivity contribution is 0.0920. The number of thiocarbonyl (C=S) groups is 1. The zero-order chi connectivity index (χ0) is 20.7. The lowest BCUT2D eigenvalue weighted by atomic mass is 10.1. The molecule has 0 saturated carbocycles. The van der Waals surface area contributed by atoms with Gasteiger partial charge in [-0.15, -0.1) is 9.24 Å². The number of hydrogen-bond acceptors (Lipinski definition) is 5. The van der Waals surface area contributed by atoms with Gasteiger partial charge in [-0.2, -0.15) is 4.99 Å². The molecule has 2 fully saturated rings. The third-order valence-corrected chi connectivity index (χ3v) is 7.52. The summed E-state index contributed by atoms with van der Waals surface area (Å²) in [7, 11) is 2.90. The number of hydrogen-bond donors (Lipinski definition) is 3. The molecule has 3 unspecified atom stereocenters. The SMILES string of the molecule is CCN1CCCC(Oc2ccc(NC(=S)/N=C(\N)SCC3(P)CCCN3)cc2)C1. The largest absolute Gasteiger partial charge is 0.489 e. The number of anilines is 1. The van der Waals surface area contributed by atoms with Crippen molar-refractivity contribution in [3.8, 4) is 5.75 Å². The van der Waals surface area contributed by atoms with E-state index in [0.717, 1.165) is 49.7 Å². The van der Waals surface area contributed by atoms with Crippen molar-refractivity contribution in [3.63, 3.8) is 0 Å². The quantitative estimate of drug-likeness (QED) is 0.264. The van der Waals surface area contributed by atoms with Gasteiger partial charge in [0, 0.05) is 23.3 Å². The van der Waals surface area contributed by atoms with E-state index in [-0.39, 0.29) is 11.4 Å². The van der Waals surface area contributed by atoms with Crippen molar-refractivity contribution in [2.45, 2.75) is 44.0 Å². The third-order valence-electron chi connectivity index (χ3n) is 5.28. The van der Waals surface area contributed by atoms with Crippen LogP contribution in [0.4, 0.5) is 5.69 Å². The van der Waals surface area contributed by atoms with Gasteiger partial charge < -0.3 is 21.1 Å². The van der Waals surface area contributed by atoms with Crippen LogP contribution in [0, 0.1) is 0 Å². The predicted molar refractivity (Wildman–Crippen MR) is 132 cm³/mol. The number of thioether (sulfide) groups is 1. The summed E-state index contributed by atoms with van der Waals surface area (Å²) in [6, 6.07) is 7.87. The maximum Gasteiger partial charge on any atom is 0.199 e. The molecule has 9 heteroatoms. The molecule has 2 aliphatic heterocycles. The van der Waals surface area contributed by atoms with Crippen LogP contribution in [-0.4, -0.2) is 58.5 Å². The summed E-state index contributed by atoms with van der Waals surface area (Å²) in [5.41, 5.74) is 6.92. The molecule has 0 spiro atoms. The molecule has 29 heavy (non-hydrogen) atoms. The highest BCUT2D eigenvalue weighted by Gasteiger charge is 2.28. The molecule has 0 aromatic heterocycles. The van der Waals surface area contributed by atoms with Gasteiger partial charge in [0.05, 0.1) is 0 Å². The summed E-state index contributed by atoms with van der Waals surface area (Å²) in [6.45, 7) is 6.51. The molecule has 2 aliphatic rings. The highest BCUT2D eigenvalue weighted by Crippen LogP contribution is 2.30. The van der Waals surface area contributed by atoms with E-state index in [1.165, 1.54) is 31.1 Å². The first-order valence-electron chi connectivity index (χ1n) is 10.3. The Kier molecular flexibility index (Phi) is 8.57. The Morgan fingerprint density at radius 3 is 2.93 bits per heavy atom. The molecule has 0 aliphatic carbocycles. The zero-order valence-corrected chi connectivity index (χ0v) is 19.8. The van der Waals surface area contributed by atoms with Gasteiger partial charge in [-0.05, 0) is 81.8 Å². The van der Waals surface area contributed by atoms with Gasteiger partial charge in [-0.3, -0.25) is 4.90 Å². The number of rotatable bonds is 6. The normalized spacial score (nSPS) is 25.7. The highest BCUT2D eigenvalue weighted by molar-refractivity contribution is 8.14. The molecule has 1 aromatic carbocycles. The number of aliphatic imine (C=N–C) groups is 1. The van der Waals surface area contributed by atoms with E-state index in [2.05, 4.69) is 36.7 Å². The van der Waals surface area contributed by atoms with Crippen LogP contribution in [-0.2, 0) is 0 Å². The van der Waals surface area contributed by atoms with Crippen LogP contribution in [0.2, 0.25) is 0 Å². The van der Waals surface area contributed by atoms with E-state index >= 15 is 0 Å². The second-order valence-electron chi connectivity index (χ2n) is 7.66. The summed E-state index contributed by atoms with van der Waals surface area (Å²) in [5.74, 6) is 1.75. The van der Waals surface area contributed by atoms with Gasteiger partial charge in [-0.1, -0.05) is 18.7 Å². The maximum absolute atomic E-state index is 6.14. The Labute approximate surface area is 186 Å². The second-order valence-corrected chi connectivity index (χ2v) is 10.1. The number of nitrogens with zero attached hydrogens (tertiary/aromatic N) is 2. The maximum atomic E-state index is 6.14. The standard InChI is InChI=1S/C20H32N5OPS2/c1-2-25-12-3-5-17(13-25)26-16-8-6-15(7-9-16)23-19(28)24-18(21)29-14-20(27)10-4-11-22-20/h6-9,17,22H,2-5,10-14,27H2,1H3,(H3,21,23,24,28). The smallest absolute Gasteiger partial charge is 0.199 e. The Morgan fingerprint density at radius 1 is 1.45 bits per heavy atom. The van der Waals surface area contributed by atoms with E-state index in [1.807, 2.05) is 24.3 Å². The first-order chi connectivity index (χ1) is 14.0. The fraction of sp³-hybridized carbons (Fsp3) is 0.600. The Bertz CT molecular complexity index is 709. The fourth-order valence-corrected chi connectivity index (χ4v) is 5.33. The Hall–Kier alpha value is -0.920. The van der Waals surface area contributed by atoms with Crippen molar-refractivity contribution in [1.82, 2.24) is 10.2 Å². The summed E-state index contributed by atoms with van der Waals surface area (Å²) in [4.78, 5) is 6.74. The van der Waals surface area contributed by atoms with E-state index in [0.29, 0.717) is 10.3 Å². The van der Waals surface area contributed by atoms with Gasteiger partial charge in [-0.25, -0.2) is 0 Å². The molecule has 4 N–H and O–H groups in total. The van der Waals surface area contributed by atoms with Crippen LogP contribution in [0.3, 0.4) is 0 Å². The topological polar surface area (TPSA) is 74.9 Å². The summed E-state index contributed by atoms with van der Waals surface area (Å²) in [5, 5.41) is 7.52. The average Bonchev–Trinajstić information content (AvgIpc) is 3.15. The lowest BCUT2D eigenvalue weighted by Gasteiger charge is -2.32. The van der Waals surface area contributed by atoms with Crippen molar-refractivity contribution >= 4 is 49.2 Å². The van der Waals surface area contributed by atoms with Crippen molar-refractivity contribution in [2.24, 2.45) is 10.7 Å². The first-order valence-corrected chi connectivity index (χ1v) is 12.2. The molecular formula is C20H32N5OPS2. The van der Waals surface area contributed by atoms with Gasteiger partial charge in [0.25, 0.3) is 0 Å². The third kappa shape index (κ3) is 7.37. The number of piperidine rings is 1. The summed E-state index contributed by atoms with van der Waals surface area (Å²) in [6.07, 6.45) is 4.89. The Morgan fingerprint density at radius 2 is 2.24 bits per heavy atom. The van der Waals surface area contributed by atoms with Crippen molar-refractivity contribution in [2.75, 3.05) is 37.2 Å². The van der Waals surface area contributed by atoms with Gasteiger partial charge >= 0.3 is 0 Å². The van der Waals surface area contributed by atoms with Crippen LogP contribution in [0.25, 0.3) is 0 Å². The number of nitrogens with one attached hydrogen (secondary N) is 2. The highest BCUT2D eigenvalue weighted by atomic mass is 32.2. The van der Waals surface area contributed by atoms with E-state index in [9.17, 15) is 0 Å². The minimum atomic E-state index is 0.0577. The number of likely N-dealkylation sites (tertiary alicyclic amines) is 1. The van der Waals surface area contributed by atoms with Crippen LogP contribution in [0.1, 0.15) is 32.6 Å². The minimum Gasteiger partial charge on any atom is -0.489 e. The number of benzene rings is 1. The van der Waals surface area contributed by atoms with E-state index in [1.54, 1.807) is 0 Å². The molecule has 3 rings (SSSR count). The number of nitrogens with two attached hydrogens (primary N) is 1. The molecular weight excluding hydrogens is 421 g/mol. The van der Waals surface area contributed by atoms with Gasteiger partial charge in [0.1, 0.15) is 11.9 Å². The van der Waals surface area contributed by atoms with Crippen molar-refractivity contribution in [1.29, 1.82) is 0 Å². The van der Waals surface area contributed by atoms with E-state index in [4.69, 9.17) is 22.7 Å². The van der Waals surface area contributed by atoms with Crippen LogP contribution < -0.4 is 21.1 Å². The minimum absolute atomic E-state index is 0.0577. The average molecular weight is 454 g/mol. The van der Waals surface area contributed by atoms with Crippen LogP contribution >= 0.6 is 33.2 Å². The Balaban J connectivity index is 1.45. The number of ether oxygens (including phenoxy) is 1. The predicted octanol–water partition coefficient (Wildman–Crippen LogP) is 3.25. The van der Waals surface area contributed by atoms with Gasteiger partial charge in [0.2, 0.25) is 0 Å². The van der Waals surface area contributed by atoms with Crippen molar-refractivity contribution < 1.29 is 4.74 Å². The van der Waals surface area contributed by atoms with Crippen LogP contribution in [0.15, 0.2) is 29.3 Å². The van der Waals surface area contributed by atoms with Crippen LogP contribution in [0.5, 0.6) is 5.75 Å².